The molecular weight excluding hydrogens is 350 g/mol. The van der Waals surface area contributed by atoms with Crippen LogP contribution in [0, 0.1) is 5.92 Å². The standard InChI is InChI=1S/C20H29N3O2.ClH/c1-15(22-19(24)9-4-16-10-12-21-13-11-16)17-5-7-18(8-6-17)23-14-2-3-20(23)25;/h5-8,15-16,21H,2-4,9-14H2,1H3,(H,22,24);1H. The Kier molecular flexibility index (Phi) is 7.91. The molecule has 0 spiro atoms. The molecule has 0 radical (unpaired) electrons. The van der Waals surface area contributed by atoms with E-state index in [0.29, 0.717) is 18.8 Å². The molecule has 1 atom stereocenters. The van der Waals surface area contributed by atoms with E-state index < -0.39 is 0 Å². The van der Waals surface area contributed by atoms with Gasteiger partial charge in [-0.1, -0.05) is 12.1 Å². The van der Waals surface area contributed by atoms with Crippen molar-refractivity contribution in [2.75, 3.05) is 24.5 Å². The second-order valence-electron chi connectivity index (χ2n) is 7.26. The van der Waals surface area contributed by atoms with Gasteiger partial charge in [0.05, 0.1) is 6.04 Å². The highest BCUT2D eigenvalue weighted by atomic mass is 35.5. The first kappa shape index (κ1) is 20.7. The van der Waals surface area contributed by atoms with E-state index in [4.69, 9.17) is 0 Å². The SMILES string of the molecule is CC(NC(=O)CCC1CCNCC1)c1ccc(N2CCCC2=O)cc1.Cl. The number of hydrogen-bond donors (Lipinski definition) is 2. The van der Waals surface area contributed by atoms with E-state index in [0.717, 1.165) is 43.7 Å². The zero-order valence-corrected chi connectivity index (χ0v) is 16.3. The van der Waals surface area contributed by atoms with Crippen LogP contribution in [0.5, 0.6) is 0 Å². The number of halogens is 1. The summed E-state index contributed by atoms with van der Waals surface area (Å²) in [5.74, 6) is 1.01. The molecule has 0 bridgehead atoms. The number of nitrogens with zero attached hydrogens (tertiary/aromatic N) is 1. The topological polar surface area (TPSA) is 61.4 Å². The van der Waals surface area contributed by atoms with Crippen LogP contribution in [0.4, 0.5) is 5.69 Å². The average molecular weight is 380 g/mol. The summed E-state index contributed by atoms with van der Waals surface area (Å²) in [6.07, 6.45) is 5.53. The number of carbonyl (C=O) groups excluding carboxylic acids is 2. The average Bonchev–Trinajstić information content (AvgIpc) is 3.07. The highest BCUT2D eigenvalue weighted by molar-refractivity contribution is 5.95. The number of anilines is 1. The van der Waals surface area contributed by atoms with Crippen LogP contribution < -0.4 is 15.5 Å². The summed E-state index contributed by atoms with van der Waals surface area (Å²) in [7, 11) is 0. The van der Waals surface area contributed by atoms with Gasteiger partial charge in [0, 0.05) is 25.1 Å². The minimum atomic E-state index is -0.0103. The number of piperidine rings is 1. The summed E-state index contributed by atoms with van der Waals surface area (Å²) in [4.78, 5) is 25.9. The molecule has 2 fully saturated rings. The summed E-state index contributed by atoms with van der Waals surface area (Å²) in [6.45, 7) is 4.97. The third kappa shape index (κ3) is 5.45. The maximum absolute atomic E-state index is 12.2. The van der Waals surface area contributed by atoms with Crippen LogP contribution in [0.25, 0.3) is 0 Å². The van der Waals surface area contributed by atoms with E-state index in [2.05, 4.69) is 10.6 Å². The minimum Gasteiger partial charge on any atom is -0.350 e. The lowest BCUT2D eigenvalue weighted by Gasteiger charge is -2.22. The highest BCUT2D eigenvalue weighted by Gasteiger charge is 2.22. The van der Waals surface area contributed by atoms with Gasteiger partial charge >= 0.3 is 0 Å². The maximum Gasteiger partial charge on any atom is 0.227 e. The van der Waals surface area contributed by atoms with Gasteiger partial charge < -0.3 is 15.5 Å². The van der Waals surface area contributed by atoms with E-state index in [1.807, 2.05) is 36.1 Å². The zero-order valence-electron chi connectivity index (χ0n) is 15.5. The first-order valence-electron chi connectivity index (χ1n) is 9.54. The molecule has 2 N–H and O–H groups in total. The van der Waals surface area contributed by atoms with Crippen molar-refractivity contribution in [2.24, 2.45) is 5.92 Å². The summed E-state index contributed by atoms with van der Waals surface area (Å²) < 4.78 is 0. The predicted molar refractivity (Wildman–Crippen MR) is 107 cm³/mol. The Morgan fingerprint density at radius 1 is 1.27 bits per heavy atom. The monoisotopic (exact) mass is 379 g/mol. The molecule has 1 aromatic rings. The second kappa shape index (κ2) is 9.93. The molecular formula is C20H30ClN3O2. The van der Waals surface area contributed by atoms with Gasteiger partial charge in [-0.25, -0.2) is 0 Å². The fraction of sp³-hybridized carbons (Fsp3) is 0.600. The quantitative estimate of drug-likeness (QED) is 0.797. The zero-order chi connectivity index (χ0) is 17.6. The van der Waals surface area contributed by atoms with Crippen LogP contribution in [-0.4, -0.2) is 31.4 Å². The molecule has 2 saturated heterocycles. The minimum absolute atomic E-state index is 0. The first-order chi connectivity index (χ1) is 12.1. The van der Waals surface area contributed by atoms with Gasteiger partial charge in [-0.3, -0.25) is 9.59 Å². The third-order valence-corrected chi connectivity index (χ3v) is 5.39. The van der Waals surface area contributed by atoms with Crippen molar-refractivity contribution in [3.63, 3.8) is 0 Å². The fourth-order valence-corrected chi connectivity index (χ4v) is 3.77. The number of benzene rings is 1. The van der Waals surface area contributed by atoms with E-state index >= 15 is 0 Å². The lowest BCUT2D eigenvalue weighted by Crippen LogP contribution is -2.30. The Hall–Kier alpha value is -1.59. The maximum atomic E-state index is 12.2. The van der Waals surface area contributed by atoms with Gasteiger partial charge in [0.15, 0.2) is 0 Å². The summed E-state index contributed by atoms with van der Waals surface area (Å²) in [5, 5.41) is 6.46. The highest BCUT2D eigenvalue weighted by Crippen LogP contribution is 2.24. The number of rotatable bonds is 6. The molecule has 0 aromatic heterocycles. The second-order valence-corrected chi connectivity index (χ2v) is 7.26. The first-order valence-corrected chi connectivity index (χ1v) is 9.54. The van der Waals surface area contributed by atoms with E-state index in [9.17, 15) is 9.59 Å². The lowest BCUT2D eigenvalue weighted by molar-refractivity contribution is -0.122. The molecule has 1 unspecified atom stereocenters. The van der Waals surface area contributed by atoms with Crippen LogP contribution >= 0.6 is 12.4 Å². The number of nitrogens with one attached hydrogen (secondary N) is 2. The van der Waals surface area contributed by atoms with Crippen LogP contribution in [0.1, 0.15) is 57.1 Å². The van der Waals surface area contributed by atoms with Crippen molar-refractivity contribution < 1.29 is 9.59 Å². The number of carbonyl (C=O) groups is 2. The molecule has 144 valence electrons. The number of amides is 2. The molecule has 26 heavy (non-hydrogen) atoms. The van der Waals surface area contributed by atoms with Gasteiger partial charge in [0.1, 0.15) is 0 Å². The van der Waals surface area contributed by atoms with E-state index in [-0.39, 0.29) is 30.3 Å². The summed E-state index contributed by atoms with van der Waals surface area (Å²) >= 11 is 0. The lowest BCUT2D eigenvalue weighted by atomic mass is 9.93. The summed E-state index contributed by atoms with van der Waals surface area (Å²) in [5.41, 5.74) is 2.03. The van der Waals surface area contributed by atoms with Crippen LogP contribution in [0.2, 0.25) is 0 Å². The summed E-state index contributed by atoms with van der Waals surface area (Å²) in [6, 6.07) is 7.98. The van der Waals surface area contributed by atoms with Gasteiger partial charge in [0.25, 0.3) is 0 Å². The normalized spacial score (nSPS) is 19.1. The Morgan fingerprint density at radius 3 is 2.58 bits per heavy atom. The van der Waals surface area contributed by atoms with Gasteiger partial charge in [0.2, 0.25) is 11.8 Å². The molecule has 0 saturated carbocycles. The van der Waals surface area contributed by atoms with Crippen LogP contribution in [-0.2, 0) is 9.59 Å². The fourth-order valence-electron chi connectivity index (χ4n) is 3.77. The molecule has 1 aromatic carbocycles. The molecule has 2 aliphatic rings. The van der Waals surface area contributed by atoms with Gasteiger partial charge in [-0.2, -0.15) is 0 Å². The van der Waals surface area contributed by atoms with E-state index in [1.165, 1.54) is 12.8 Å². The van der Waals surface area contributed by atoms with Crippen molar-refractivity contribution in [1.82, 2.24) is 10.6 Å². The van der Waals surface area contributed by atoms with Crippen LogP contribution in [0.15, 0.2) is 24.3 Å². The third-order valence-electron chi connectivity index (χ3n) is 5.39. The van der Waals surface area contributed by atoms with Crippen molar-refractivity contribution >= 4 is 29.9 Å². The molecule has 5 nitrogen and oxygen atoms in total. The largest absolute Gasteiger partial charge is 0.350 e. The molecule has 6 heteroatoms. The van der Waals surface area contributed by atoms with Gasteiger partial charge in [-0.05, 0) is 69.3 Å². The Balaban J connectivity index is 0.00000243. The van der Waals surface area contributed by atoms with Crippen molar-refractivity contribution in [3.8, 4) is 0 Å². The molecule has 2 amide bonds. The molecule has 2 aliphatic heterocycles. The Bertz CT molecular complexity index is 600. The van der Waals surface area contributed by atoms with Crippen molar-refractivity contribution in [3.05, 3.63) is 29.8 Å². The Morgan fingerprint density at radius 2 is 1.96 bits per heavy atom. The Labute approximate surface area is 162 Å². The predicted octanol–water partition coefficient (Wildman–Crippen LogP) is 3.19. The van der Waals surface area contributed by atoms with E-state index in [1.54, 1.807) is 0 Å². The number of hydrogen-bond acceptors (Lipinski definition) is 3. The van der Waals surface area contributed by atoms with Crippen LogP contribution in [0.3, 0.4) is 0 Å². The molecule has 0 aliphatic carbocycles. The smallest absolute Gasteiger partial charge is 0.227 e. The van der Waals surface area contributed by atoms with Crippen molar-refractivity contribution in [2.45, 2.75) is 51.5 Å². The van der Waals surface area contributed by atoms with Crippen molar-refractivity contribution in [1.29, 1.82) is 0 Å². The molecule has 2 heterocycles. The molecule has 3 rings (SSSR count). The van der Waals surface area contributed by atoms with Gasteiger partial charge in [-0.15, -0.1) is 12.4 Å².